The van der Waals surface area contributed by atoms with Crippen molar-refractivity contribution in [2.75, 3.05) is 13.2 Å². The van der Waals surface area contributed by atoms with Crippen molar-refractivity contribution >= 4 is 11.9 Å². The molecule has 1 amide bonds. The molecule has 11 nitrogen and oxygen atoms in total. The van der Waals surface area contributed by atoms with E-state index in [4.69, 9.17) is 14.2 Å². The van der Waals surface area contributed by atoms with Crippen LogP contribution >= 0.6 is 0 Å². The van der Waals surface area contributed by atoms with Crippen LogP contribution in [0.2, 0.25) is 0 Å². The molecule has 0 aromatic carbocycles. The maximum atomic E-state index is 13.5. The maximum absolute atomic E-state index is 13.5. The molecule has 11 heteroatoms. The number of amides is 1. The summed E-state index contributed by atoms with van der Waals surface area (Å²) >= 11 is 0. The minimum absolute atomic E-state index is 0.0923. The fourth-order valence-electron chi connectivity index (χ4n) is 9.86. The van der Waals surface area contributed by atoms with Crippen LogP contribution in [0.4, 0.5) is 0 Å². The Kier molecular flexibility index (Phi) is 57.2. The summed E-state index contributed by atoms with van der Waals surface area (Å²) in [6.45, 7) is 5.54. The van der Waals surface area contributed by atoms with Gasteiger partial charge in [0.1, 0.15) is 24.4 Å². The second-order valence-electron chi connectivity index (χ2n) is 23.1. The van der Waals surface area contributed by atoms with E-state index >= 15 is 0 Å². The number of hydrogen-bond acceptors (Lipinski definition) is 10. The zero-order valence-corrected chi connectivity index (χ0v) is 54.8. The molecule has 87 heavy (non-hydrogen) atoms. The SMILES string of the molecule is CC/C=C\C/C=C\C/C=C\C/C=C\C/C=C\C/C=C\CCCCCCCCCC(O)C(=O)NC(COC1OC(CO)C(O)C(O)C1OC(=O)CCCCCCC/C=C\C/C=C\C/C=C\C/C=C\C/C=C\CC)C(O)/C=C/CCCCCCCCCCC. The van der Waals surface area contributed by atoms with Gasteiger partial charge in [-0.1, -0.05) is 276 Å². The van der Waals surface area contributed by atoms with Gasteiger partial charge in [-0.05, 0) is 122 Å². The number of aliphatic hydroxyl groups is 5. The Labute approximate surface area is 530 Å². The Morgan fingerprint density at radius 2 is 0.828 bits per heavy atom. The standard InChI is InChI=1S/C76H125NO10/c1-4-7-10-13-16-19-22-24-26-28-30-32-33-34-35-36-38-39-41-43-45-48-51-54-57-60-63-69(80)75(84)77-67(68(79)62-59-56-53-50-47-21-18-15-12-9-6-3)66-85-76-74(73(83)72(82)70(65-78)86-76)87-71(81)64-61-58-55-52-49-46-44-42-40-37-31-29-27-25-23-20-17-14-11-8-5-2/h7-8,10-11,16-17,19-20,24-27,30-32,34-35,37-39,42,44,59,62,67-70,72-74,76,78-80,82-83H,4-6,9,12-15,18,21-23,28-29,33,36,40-41,43,45-58,60-61,63-66H2,1-3H3,(H,77,84)/b10-7-,11-8-,19-16-,20-17-,26-24-,27-25-,32-30-,35-34-,37-31-,39-38-,44-42-,62-59+. The van der Waals surface area contributed by atoms with Gasteiger partial charge in [0.25, 0.3) is 0 Å². The number of ether oxygens (including phenoxy) is 3. The van der Waals surface area contributed by atoms with E-state index in [0.29, 0.717) is 12.8 Å². The van der Waals surface area contributed by atoms with Crippen molar-refractivity contribution < 1.29 is 49.3 Å². The number of allylic oxidation sites excluding steroid dienone is 23. The van der Waals surface area contributed by atoms with E-state index in [0.717, 1.165) is 167 Å². The summed E-state index contributed by atoms with van der Waals surface area (Å²) in [4.78, 5) is 26.7. The Balaban J connectivity index is 2.61. The molecular formula is C76H125NO10. The number of esters is 1. The molecule has 0 radical (unpaired) electrons. The van der Waals surface area contributed by atoms with Crippen molar-refractivity contribution in [3.8, 4) is 0 Å². The predicted molar refractivity (Wildman–Crippen MR) is 365 cm³/mol. The van der Waals surface area contributed by atoms with Crippen LogP contribution in [-0.4, -0.2) is 99.6 Å². The first-order valence-corrected chi connectivity index (χ1v) is 34.6. The molecule has 494 valence electrons. The fraction of sp³-hybridized carbons (Fsp3) is 0.658. The molecule has 0 aromatic rings. The van der Waals surface area contributed by atoms with Crippen molar-refractivity contribution in [2.45, 2.75) is 307 Å². The average Bonchev–Trinajstić information content (AvgIpc) is 1.30. The smallest absolute Gasteiger partial charge is 0.306 e. The minimum Gasteiger partial charge on any atom is -0.454 e. The van der Waals surface area contributed by atoms with Crippen LogP contribution in [0.25, 0.3) is 0 Å². The second-order valence-corrected chi connectivity index (χ2v) is 23.1. The highest BCUT2D eigenvalue weighted by Gasteiger charge is 2.47. The maximum Gasteiger partial charge on any atom is 0.306 e. The van der Waals surface area contributed by atoms with Gasteiger partial charge >= 0.3 is 5.97 Å². The summed E-state index contributed by atoms with van der Waals surface area (Å²) < 4.78 is 17.6. The number of rotatable bonds is 57. The van der Waals surface area contributed by atoms with Gasteiger partial charge in [0.15, 0.2) is 12.4 Å². The quantitative estimate of drug-likeness (QED) is 0.0195. The first-order valence-electron chi connectivity index (χ1n) is 34.6. The zero-order valence-electron chi connectivity index (χ0n) is 54.8. The van der Waals surface area contributed by atoms with Crippen molar-refractivity contribution in [1.29, 1.82) is 0 Å². The highest BCUT2D eigenvalue weighted by atomic mass is 16.7. The Hall–Kier alpha value is -4.46. The van der Waals surface area contributed by atoms with E-state index in [2.05, 4.69) is 160 Å². The van der Waals surface area contributed by atoms with Crippen molar-refractivity contribution in [3.63, 3.8) is 0 Å². The molecule has 1 aliphatic rings. The molecule has 0 spiro atoms. The summed E-state index contributed by atoms with van der Waals surface area (Å²) in [5, 5.41) is 57.2. The van der Waals surface area contributed by atoms with Crippen LogP contribution < -0.4 is 5.32 Å². The first-order chi connectivity index (χ1) is 42.7. The molecule has 0 aliphatic carbocycles. The number of carbonyl (C=O) groups is 2. The van der Waals surface area contributed by atoms with E-state index in [1.807, 2.05) is 6.08 Å². The zero-order chi connectivity index (χ0) is 63.1. The van der Waals surface area contributed by atoms with Gasteiger partial charge in [-0.15, -0.1) is 0 Å². The lowest BCUT2D eigenvalue weighted by Crippen LogP contribution is -2.61. The molecule has 1 aliphatic heterocycles. The third-order valence-electron chi connectivity index (χ3n) is 15.2. The number of nitrogens with one attached hydrogen (secondary N) is 1. The molecular weight excluding hydrogens is 1090 g/mol. The lowest BCUT2D eigenvalue weighted by atomic mass is 9.99. The monoisotopic (exact) mass is 1210 g/mol. The van der Waals surface area contributed by atoms with Gasteiger partial charge in [-0.25, -0.2) is 0 Å². The number of aliphatic hydroxyl groups excluding tert-OH is 5. The highest BCUT2D eigenvalue weighted by Crippen LogP contribution is 2.26. The van der Waals surface area contributed by atoms with E-state index < -0.39 is 67.4 Å². The van der Waals surface area contributed by atoms with Crippen molar-refractivity contribution in [1.82, 2.24) is 5.32 Å². The van der Waals surface area contributed by atoms with E-state index in [9.17, 15) is 35.1 Å². The normalized spacial score (nSPS) is 19.2. The highest BCUT2D eigenvalue weighted by molar-refractivity contribution is 5.80. The number of unbranched alkanes of at least 4 members (excludes halogenated alkanes) is 21. The van der Waals surface area contributed by atoms with Crippen LogP contribution in [0.15, 0.2) is 146 Å². The van der Waals surface area contributed by atoms with Gasteiger partial charge in [0.05, 0.1) is 25.4 Å². The molecule has 1 heterocycles. The van der Waals surface area contributed by atoms with E-state index in [-0.39, 0.29) is 19.4 Å². The van der Waals surface area contributed by atoms with Gasteiger partial charge < -0.3 is 45.1 Å². The lowest BCUT2D eigenvalue weighted by molar-refractivity contribution is -0.305. The van der Waals surface area contributed by atoms with Crippen molar-refractivity contribution in [2.24, 2.45) is 0 Å². The summed E-state index contributed by atoms with van der Waals surface area (Å²) in [7, 11) is 0. The number of hydrogen-bond donors (Lipinski definition) is 6. The Morgan fingerprint density at radius 1 is 0.460 bits per heavy atom. The van der Waals surface area contributed by atoms with E-state index in [1.54, 1.807) is 6.08 Å². The van der Waals surface area contributed by atoms with Gasteiger partial charge in [-0.3, -0.25) is 9.59 Å². The molecule has 1 fully saturated rings. The molecule has 1 rings (SSSR count). The largest absolute Gasteiger partial charge is 0.454 e. The molecule has 1 saturated heterocycles. The molecule has 0 saturated carbocycles. The second kappa shape index (κ2) is 61.8. The van der Waals surface area contributed by atoms with Gasteiger partial charge in [0, 0.05) is 6.42 Å². The molecule has 0 aromatic heterocycles. The van der Waals surface area contributed by atoms with Crippen LogP contribution in [-0.2, 0) is 23.8 Å². The summed E-state index contributed by atoms with van der Waals surface area (Å²) in [6.07, 6.45) is 78.8. The van der Waals surface area contributed by atoms with Gasteiger partial charge in [-0.2, -0.15) is 0 Å². The predicted octanol–water partition coefficient (Wildman–Crippen LogP) is 17.7. The van der Waals surface area contributed by atoms with E-state index in [1.165, 1.54) is 44.9 Å². The summed E-state index contributed by atoms with van der Waals surface area (Å²) in [5.74, 6) is -1.23. The Bertz CT molecular complexity index is 1980. The fourth-order valence-corrected chi connectivity index (χ4v) is 9.86. The molecule has 8 atom stereocenters. The third-order valence-corrected chi connectivity index (χ3v) is 15.2. The van der Waals surface area contributed by atoms with Gasteiger partial charge in [0.2, 0.25) is 5.91 Å². The average molecular weight is 1210 g/mol. The first kappa shape index (κ1) is 80.6. The molecule has 8 unspecified atom stereocenters. The molecule has 6 N–H and O–H groups in total. The van der Waals surface area contributed by atoms with Crippen LogP contribution in [0.1, 0.15) is 258 Å². The van der Waals surface area contributed by atoms with Crippen molar-refractivity contribution in [3.05, 3.63) is 146 Å². The summed E-state index contributed by atoms with van der Waals surface area (Å²) in [5.41, 5.74) is 0. The minimum atomic E-state index is -1.63. The van der Waals surface area contributed by atoms with Crippen LogP contribution in [0.3, 0.4) is 0 Å². The van der Waals surface area contributed by atoms with Crippen LogP contribution in [0, 0.1) is 0 Å². The Morgan fingerprint density at radius 3 is 1.24 bits per heavy atom. The van der Waals surface area contributed by atoms with Crippen LogP contribution in [0.5, 0.6) is 0 Å². The topological polar surface area (TPSA) is 175 Å². The summed E-state index contributed by atoms with van der Waals surface area (Å²) in [6, 6.07) is -1.04. The lowest BCUT2D eigenvalue weighted by Gasteiger charge is -2.41. The third kappa shape index (κ3) is 49.1. The molecule has 0 bridgehead atoms. The number of carbonyl (C=O) groups excluding carboxylic acids is 2.